The van der Waals surface area contributed by atoms with E-state index in [4.69, 9.17) is 0 Å². The highest BCUT2D eigenvalue weighted by Gasteiger charge is 2.23. The molecule has 0 spiro atoms. The van der Waals surface area contributed by atoms with Gasteiger partial charge in [0.2, 0.25) is 5.91 Å². The molecular weight excluding hydrogens is 358 g/mol. The lowest BCUT2D eigenvalue weighted by Crippen LogP contribution is -2.43. The predicted molar refractivity (Wildman–Crippen MR) is 109 cm³/mol. The summed E-state index contributed by atoms with van der Waals surface area (Å²) in [6.07, 6.45) is 4.52. The third-order valence-electron chi connectivity index (χ3n) is 5.37. The number of aromatic nitrogens is 2. The Morgan fingerprint density at radius 1 is 1.19 bits per heavy atom. The zero-order chi connectivity index (χ0) is 18.8. The minimum absolute atomic E-state index is 0.0503. The summed E-state index contributed by atoms with van der Waals surface area (Å²) in [5.41, 5.74) is 0.525. The number of benzene rings is 1. The van der Waals surface area contributed by atoms with Crippen molar-refractivity contribution in [2.75, 3.05) is 0 Å². The highest BCUT2D eigenvalue weighted by atomic mass is 32.1. The van der Waals surface area contributed by atoms with Crippen molar-refractivity contribution in [1.29, 1.82) is 0 Å². The monoisotopic (exact) mass is 381 g/mol. The topological polar surface area (TPSA) is 64.0 Å². The maximum absolute atomic E-state index is 12.9. The molecule has 0 aliphatic heterocycles. The Labute approximate surface area is 162 Å². The summed E-state index contributed by atoms with van der Waals surface area (Å²) in [6, 6.07) is 11.6. The van der Waals surface area contributed by atoms with Crippen LogP contribution in [0.2, 0.25) is 0 Å². The van der Waals surface area contributed by atoms with E-state index >= 15 is 0 Å². The van der Waals surface area contributed by atoms with Crippen LogP contribution in [0.15, 0.2) is 46.6 Å². The van der Waals surface area contributed by atoms with Crippen molar-refractivity contribution in [2.24, 2.45) is 5.92 Å². The number of carbonyl (C=O) groups excluding carboxylic acids is 1. The Bertz CT molecular complexity index is 1010. The van der Waals surface area contributed by atoms with Crippen LogP contribution in [0.25, 0.3) is 21.3 Å². The van der Waals surface area contributed by atoms with Gasteiger partial charge in [0.25, 0.3) is 5.56 Å². The number of carbonyl (C=O) groups is 1. The molecule has 2 aromatic heterocycles. The van der Waals surface area contributed by atoms with E-state index < -0.39 is 0 Å². The lowest BCUT2D eigenvalue weighted by molar-refractivity contribution is -0.123. The van der Waals surface area contributed by atoms with Crippen molar-refractivity contribution in [2.45, 2.75) is 45.2 Å². The predicted octanol–water partition coefficient (Wildman–Crippen LogP) is 3.82. The number of nitrogens with zero attached hydrogens (tertiary/aromatic N) is 2. The molecular formula is C21H23N3O2S. The van der Waals surface area contributed by atoms with Gasteiger partial charge in [-0.1, -0.05) is 44.0 Å². The molecule has 2 heterocycles. The van der Waals surface area contributed by atoms with Crippen LogP contribution in [-0.2, 0) is 11.3 Å². The second-order valence-electron chi connectivity index (χ2n) is 7.27. The summed E-state index contributed by atoms with van der Waals surface area (Å²) in [4.78, 5) is 26.5. The maximum Gasteiger partial charge on any atom is 0.275 e. The molecule has 2 atom stereocenters. The van der Waals surface area contributed by atoms with Crippen molar-refractivity contribution in [3.63, 3.8) is 0 Å². The number of thiophene rings is 1. The summed E-state index contributed by atoms with van der Waals surface area (Å²) < 4.78 is 1.31. The first-order valence-electron chi connectivity index (χ1n) is 9.46. The molecule has 1 aliphatic carbocycles. The van der Waals surface area contributed by atoms with Gasteiger partial charge in [0.15, 0.2) is 0 Å². The molecule has 1 N–H and O–H groups in total. The van der Waals surface area contributed by atoms with Crippen molar-refractivity contribution < 1.29 is 4.79 Å². The first-order valence-corrected chi connectivity index (χ1v) is 10.3. The van der Waals surface area contributed by atoms with Gasteiger partial charge in [-0.25, -0.2) is 4.68 Å². The molecule has 0 unspecified atom stereocenters. The zero-order valence-corrected chi connectivity index (χ0v) is 16.2. The van der Waals surface area contributed by atoms with E-state index in [0.717, 1.165) is 35.2 Å². The second kappa shape index (κ2) is 7.64. The summed E-state index contributed by atoms with van der Waals surface area (Å²) in [7, 11) is 0. The molecule has 140 valence electrons. The molecule has 6 heteroatoms. The molecule has 27 heavy (non-hydrogen) atoms. The van der Waals surface area contributed by atoms with E-state index in [1.807, 2.05) is 35.7 Å². The van der Waals surface area contributed by atoms with Crippen LogP contribution in [0, 0.1) is 5.92 Å². The van der Waals surface area contributed by atoms with E-state index in [2.05, 4.69) is 17.3 Å². The van der Waals surface area contributed by atoms with Crippen LogP contribution >= 0.6 is 11.3 Å². The van der Waals surface area contributed by atoms with Gasteiger partial charge in [0, 0.05) is 11.4 Å². The lowest BCUT2D eigenvalue weighted by atomic mass is 9.86. The van der Waals surface area contributed by atoms with Gasteiger partial charge >= 0.3 is 0 Å². The van der Waals surface area contributed by atoms with Gasteiger partial charge in [-0.3, -0.25) is 9.59 Å². The van der Waals surface area contributed by atoms with E-state index in [1.54, 1.807) is 17.4 Å². The largest absolute Gasteiger partial charge is 0.351 e. The molecule has 1 saturated carbocycles. The van der Waals surface area contributed by atoms with Crippen LogP contribution in [0.4, 0.5) is 0 Å². The van der Waals surface area contributed by atoms with Crippen molar-refractivity contribution >= 4 is 28.0 Å². The first-order chi connectivity index (χ1) is 13.1. The minimum Gasteiger partial charge on any atom is -0.351 e. The average Bonchev–Trinajstić information content (AvgIpc) is 3.20. The Balaban J connectivity index is 1.66. The van der Waals surface area contributed by atoms with Crippen molar-refractivity contribution in [3.8, 4) is 10.6 Å². The standard InChI is InChI=1S/C21H23N3O2S/c1-14-7-2-5-10-17(14)22-19(25)13-24-21(26)16-9-4-3-8-15(16)20(23-24)18-11-6-12-27-18/h3-4,6,8-9,11-12,14,17H,2,5,7,10,13H2,1H3,(H,22,25)/t14-,17-/m0/s1. The lowest BCUT2D eigenvalue weighted by Gasteiger charge is -2.29. The number of hydrogen-bond donors (Lipinski definition) is 1. The third kappa shape index (κ3) is 3.67. The molecule has 0 bridgehead atoms. The van der Waals surface area contributed by atoms with Gasteiger partial charge in [0.1, 0.15) is 12.2 Å². The molecule has 1 aliphatic rings. The Kier molecular flexibility index (Phi) is 5.07. The zero-order valence-electron chi connectivity index (χ0n) is 15.4. The SMILES string of the molecule is C[C@H]1CCCC[C@@H]1NC(=O)Cn1nc(-c2cccs2)c2ccccc2c1=O. The quantitative estimate of drug-likeness (QED) is 0.747. The average molecular weight is 382 g/mol. The molecule has 1 aromatic carbocycles. The molecule has 4 rings (SSSR count). The first kappa shape index (κ1) is 17.9. The van der Waals surface area contributed by atoms with Crippen LogP contribution < -0.4 is 10.9 Å². The van der Waals surface area contributed by atoms with Crippen molar-refractivity contribution in [1.82, 2.24) is 15.1 Å². The normalized spacial score (nSPS) is 19.9. The molecule has 0 radical (unpaired) electrons. The third-order valence-corrected chi connectivity index (χ3v) is 6.25. The smallest absolute Gasteiger partial charge is 0.275 e. The van der Waals surface area contributed by atoms with E-state index in [0.29, 0.717) is 11.3 Å². The van der Waals surface area contributed by atoms with Gasteiger partial charge in [-0.15, -0.1) is 11.3 Å². The number of rotatable bonds is 4. The fourth-order valence-electron chi connectivity index (χ4n) is 3.86. The van der Waals surface area contributed by atoms with E-state index in [-0.39, 0.29) is 24.1 Å². The van der Waals surface area contributed by atoms with Crippen LogP contribution in [-0.4, -0.2) is 21.7 Å². The van der Waals surface area contributed by atoms with Gasteiger partial charge in [-0.05, 0) is 36.3 Å². The molecule has 1 fully saturated rings. The van der Waals surface area contributed by atoms with Gasteiger partial charge in [0.05, 0.1) is 10.3 Å². The molecule has 5 nitrogen and oxygen atoms in total. The number of amides is 1. The Morgan fingerprint density at radius 3 is 2.70 bits per heavy atom. The van der Waals surface area contributed by atoms with Crippen LogP contribution in [0.3, 0.4) is 0 Å². The van der Waals surface area contributed by atoms with E-state index in [1.165, 1.54) is 11.1 Å². The number of fused-ring (bicyclic) bond motifs is 1. The van der Waals surface area contributed by atoms with E-state index in [9.17, 15) is 9.59 Å². The van der Waals surface area contributed by atoms with Gasteiger partial charge in [-0.2, -0.15) is 5.10 Å². The highest BCUT2D eigenvalue weighted by molar-refractivity contribution is 7.13. The molecule has 3 aromatic rings. The number of hydrogen-bond acceptors (Lipinski definition) is 4. The Morgan fingerprint density at radius 2 is 1.96 bits per heavy atom. The molecule has 0 saturated heterocycles. The fraction of sp³-hybridized carbons (Fsp3) is 0.381. The maximum atomic E-state index is 12.9. The Hall–Kier alpha value is -2.47. The van der Waals surface area contributed by atoms with Crippen LogP contribution in [0.1, 0.15) is 32.6 Å². The minimum atomic E-state index is -0.224. The second-order valence-corrected chi connectivity index (χ2v) is 8.22. The summed E-state index contributed by atoms with van der Waals surface area (Å²) in [5.74, 6) is 0.335. The molecule has 1 amide bonds. The van der Waals surface area contributed by atoms with Crippen LogP contribution in [0.5, 0.6) is 0 Å². The summed E-state index contributed by atoms with van der Waals surface area (Å²) in [6.45, 7) is 2.13. The van der Waals surface area contributed by atoms with Gasteiger partial charge < -0.3 is 5.32 Å². The van der Waals surface area contributed by atoms with Crippen molar-refractivity contribution in [3.05, 3.63) is 52.1 Å². The summed E-state index contributed by atoms with van der Waals surface area (Å²) >= 11 is 1.57. The number of nitrogens with one attached hydrogen (secondary N) is 1. The fourth-order valence-corrected chi connectivity index (χ4v) is 4.58. The summed E-state index contributed by atoms with van der Waals surface area (Å²) in [5, 5.41) is 11.1. The highest BCUT2D eigenvalue weighted by Crippen LogP contribution is 2.28.